The van der Waals surface area contributed by atoms with E-state index in [4.69, 9.17) is 4.74 Å². The van der Waals surface area contributed by atoms with Crippen LogP contribution in [0.15, 0.2) is 42.5 Å². The minimum absolute atomic E-state index is 0.0769. The van der Waals surface area contributed by atoms with Crippen LogP contribution in [0.4, 0.5) is 5.69 Å². The van der Waals surface area contributed by atoms with Crippen molar-refractivity contribution in [2.24, 2.45) is 0 Å². The molecule has 1 amide bonds. The van der Waals surface area contributed by atoms with Gasteiger partial charge in [-0.05, 0) is 31.4 Å². The Kier molecular flexibility index (Phi) is 10.3. The van der Waals surface area contributed by atoms with Crippen molar-refractivity contribution in [1.29, 1.82) is 0 Å². The van der Waals surface area contributed by atoms with Crippen LogP contribution in [-0.4, -0.2) is 25.5 Å². The molecule has 0 unspecified atom stereocenters. The van der Waals surface area contributed by atoms with Crippen LogP contribution in [0.1, 0.15) is 51.9 Å². The van der Waals surface area contributed by atoms with Gasteiger partial charge in [-0.1, -0.05) is 50.5 Å². The van der Waals surface area contributed by atoms with Gasteiger partial charge in [0.25, 0.3) is 0 Å². The number of hydrogen-bond acceptors (Lipinski definition) is 3. The average molecular weight is 331 g/mol. The average Bonchev–Trinajstić information content (AvgIpc) is 2.61. The highest BCUT2D eigenvalue weighted by molar-refractivity contribution is 5.92. The molecule has 1 aromatic rings. The van der Waals surface area contributed by atoms with Crippen molar-refractivity contribution in [2.45, 2.75) is 51.9 Å². The van der Waals surface area contributed by atoms with E-state index in [1.165, 1.54) is 18.9 Å². The molecule has 0 saturated carbocycles. The molecule has 0 saturated heterocycles. The highest BCUT2D eigenvalue weighted by atomic mass is 16.5. The minimum atomic E-state index is -0.292. The Morgan fingerprint density at radius 1 is 1.08 bits per heavy atom. The van der Waals surface area contributed by atoms with Crippen LogP contribution in [0, 0.1) is 0 Å². The molecule has 0 radical (unpaired) electrons. The van der Waals surface area contributed by atoms with Crippen molar-refractivity contribution >= 4 is 17.6 Å². The number of benzene rings is 1. The molecule has 0 bridgehead atoms. The molecule has 1 aromatic carbocycles. The summed E-state index contributed by atoms with van der Waals surface area (Å²) in [7, 11) is 1.78. The molecule has 0 aliphatic carbocycles. The van der Waals surface area contributed by atoms with E-state index in [0.717, 1.165) is 24.9 Å². The molecule has 0 atom stereocenters. The molecule has 0 spiro atoms. The van der Waals surface area contributed by atoms with E-state index < -0.39 is 0 Å². The van der Waals surface area contributed by atoms with Crippen LogP contribution < -0.4 is 4.90 Å². The number of nitrogens with zero attached hydrogens (tertiary/aromatic N) is 1. The monoisotopic (exact) mass is 331 g/mol. The summed E-state index contributed by atoms with van der Waals surface area (Å²) in [4.78, 5) is 25.2. The number of hydrogen-bond donors (Lipinski definition) is 0. The molecule has 4 nitrogen and oxygen atoms in total. The smallest absolute Gasteiger partial charge is 0.330 e. The summed E-state index contributed by atoms with van der Waals surface area (Å²) in [5, 5.41) is 0. The zero-order chi connectivity index (χ0) is 17.6. The van der Waals surface area contributed by atoms with Crippen molar-refractivity contribution in [3.05, 3.63) is 42.5 Å². The highest BCUT2D eigenvalue weighted by Crippen LogP contribution is 2.13. The van der Waals surface area contributed by atoms with E-state index in [9.17, 15) is 9.59 Å². The predicted octanol–water partition coefficient (Wildman–Crippen LogP) is 4.50. The summed E-state index contributed by atoms with van der Waals surface area (Å²) in [5.74, 6) is -0.215. The number of para-hydroxylation sites is 1. The topological polar surface area (TPSA) is 46.6 Å². The number of carbonyl (C=O) groups is 2. The van der Waals surface area contributed by atoms with Gasteiger partial charge in [0.2, 0.25) is 5.91 Å². The van der Waals surface area contributed by atoms with Gasteiger partial charge in [-0.2, -0.15) is 0 Å². The Morgan fingerprint density at radius 3 is 2.54 bits per heavy atom. The first-order valence-electron chi connectivity index (χ1n) is 8.80. The van der Waals surface area contributed by atoms with E-state index >= 15 is 0 Å². The van der Waals surface area contributed by atoms with Gasteiger partial charge in [-0.15, -0.1) is 0 Å². The van der Waals surface area contributed by atoms with Crippen molar-refractivity contribution < 1.29 is 14.3 Å². The molecule has 0 aliphatic rings. The van der Waals surface area contributed by atoms with Gasteiger partial charge in [0.05, 0.1) is 6.61 Å². The minimum Gasteiger partial charge on any atom is -0.463 e. The molecule has 0 aromatic heterocycles. The maximum Gasteiger partial charge on any atom is 0.330 e. The standard InChI is InChI=1S/C20H29NO3/c1-3-4-5-12-17-24-20(23)16-11-7-10-15-19(22)21(2)18-13-8-6-9-14-18/h6,8-9,11,13-14,16H,3-5,7,10,12,15,17H2,1-2H3/b16-11+. The molecule has 132 valence electrons. The number of rotatable bonds is 11. The van der Waals surface area contributed by atoms with Crippen molar-refractivity contribution in [1.82, 2.24) is 0 Å². The molecule has 24 heavy (non-hydrogen) atoms. The first-order valence-corrected chi connectivity index (χ1v) is 8.80. The fourth-order valence-electron chi connectivity index (χ4n) is 2.26. The normalized spacial score (nSPS) is 10.8. The van der Waals surface area contributed by atoms with E-state index in [-0.39, 0.29) is 11.9 Å². The lowest BCUT2D eigenvalue weighted by atomic mass is 10.2. The molecule has 0 heterocycles. The second-order valence-corrected chi connectivity index (χ2v) is 5.81. The zero-order valence-corrected chi connectivity index (χ0v) is 14.9. The number of esters is 1. The first-order chi connectivity index (χ1) is 11.6. The maximum absolute atomic E-state index is 12.1. The third-order valence-corrected chi connectivity index (χ3v) is 3.78. The van der Waals surface area contributed by atoms with Gasteiger partial charge < -0.3 is 9.64 Å². The maximum atomic E-state index is 12.1. The molecule has 0 fully saturated rings. The number of anilines is 1. The number of carbonyl (C=O) groups excluding carboxylic acids is 2. The second kappa shape index (κ2) is 12.3. The number of amides is 1. The first kappa shape index (κ1) is 19.9. The largest absolute Gasteiger partial charge is 0.463 e. The lowest BCUT2D eigenvalue weighted by Crippen LogP contribution is -2.25. The van der Waals surface area contributed by atoms with Crippen LogP contribution in [0.3, 0.4) is 0 Å². The third-order valence-electron chi connectivity index (χ3n) is 3.78. The zero-order valence-electron chi connectivity index (χ0n) is 14.9. The summed E-state index contributed by atoms with van der Waals surface area (Å²) in [6.45, 7) is 2.64. The van der Waals surface area contributed by atoms with Gasteiger partial charge in [-0.3, -0.25) is 4.79 Å². The Hall–Kier alpha value is -2.10. The molecular formula is C20H29NO3. The quantitative estimate of drug-likeness (QED) is 0.341. The summed E-state index contributed by atoms with van der Waals surface area (Å²) >= 11 is 0. The molecule has 4 heteroatoms. The van der Waals surface area contributed by atoms with Crippen molar-refractivity contribution in [3.8, 4) is 0 Å². The fraction of sp³-hybridized carbons (Fsp3) is 0.500. The highest BCUT2D eigenvalue weighted by Gasteiger charge is 2.09. The van der Waals surface area contributed by atoms with Crippen LogP contribution in [0.2, 0.25) is 0 Å². The third kappa shape index (κ3) is 8.51. The van der Waals surface area contributed by atoms with Crippen molar-refractivity contribution in [2.75, 3.05) is 18.6 Å². The van der Waals surface area contributed by atoms with Crippen LogP contribution >= 0.6 is 0 Å². The van der Waals surface area contributed by atoms with Crippen LogP contribution in [0.25, 0.3) is 0 Å². The molecule has 1 rings (SSSR count). The number of allylic oxidation sites excluding steroid dienone is 1. The van der Waals surface area contributed by atoms with Gasteiger partial charge in [0.1, 0.15) is 0 Å². The summed E-state index contributed by atoms with van der Waals surface area (Å²) in [6.07, 6.45) is 9.50. The summed E-state index contributed by atoms with van der Waals surface area (Å²) in [5.41, 5.74) is 0.893. The van der Waals surface area contributed by atoms with E-state index in [1.807, 2.05) is 30.3 Å². The molecular weight excluding hydrogens is 302 g/mol. The number of ether oxygens (including phenoxy) is 1. The molecule has 0 N–H and O–H groups in total. The van der Waals surface area contributed by atoms with Gasteiger partial charge in [-0.25, -0.2) is 4.79 Å². The van der Waals surface area contributed by atoms with Crippen molar-refractivity contribution in [3.63, 3.8) is 0 Å². The van der Waals surface area contributed by atoms with Gasteiger partial charge >= 0.3 is 5.97 Å². The second-order valence-electron chi connectivity index (χ2n) is 5.81. The lowest BCUT2D eigenvalue weighted by Gasteiger charge is -2.16. The predicted molar refractivity (Wildman–Crippen MR) is 97.9 cm³/mol. The summed E-state index contributed by atoms with van der Waals surface area (Å²) < 4.78 is 5.11. The fourth-order valence-corrected chi connectivity index (χ4v) is 2.26. The Labute approximate surface area is 145 Å². The Bertz CT molecular complexity index is 511. The van der Waals surface area contributed by atoms with E-state index in [0.29, 0.717) is 19.4 Å². The lowest BCUT2D eigenvalue weighted by molar-refractivity contribution is -0.137. The van der Waals surface area contributed by atoms with E-state index in [1.54, 1.807) is 18.0 Å². The Morgan fingerprint density at radius 2 is 1.83 bits per heavy atom. The molecule has 0 aliphatic heterocycles. The van der Waals surface area contributed by atoms with Gasteiger partial charge in [0.15, 0.2) is 0 Å². The SMILES string of the molecule is CCCCCCOC(=O)/C=C/CCCC(=O)N(C)c1ccccc1. The van der Waals surface area contributed by atoms with Crippen LogP contribution in [-0.2, 0) is 14.3 Å². The Balaban J connectivity index is 2.14. The van der Waals surface area contributed by atoms with Crippen LogP contribution in [0.5, 0.6) is 0 Å². The van der Waals surface area contributed by atoms with Gasteiger partial charge in [0, 0.05) is 25.2 Å². The number of unbranched alkanes of at least 4 members (excludes halogenated alkanes) is 4. The summed E-state index contributed by atoms with van der Waals surface area (Å²) in [6, 6.07) is 9.57. The van der Waals surface area contributed by atoms with E-state index in [2.05, 4.69) is 6.92 Å².